The Balaban J connectivity index is 0.921. The number of rotatable bonds is 10. The number of methoxy groups -OCH3 is 1. The second kappa shape index (κ2) is 11.2. The quantitative estimate of drug-likeness (QED) is 0.161. The van der Waals surface area contributed by atoms with Crippen LogP contribution in [0.15, 0.2) is 24.3 Å². The van der Waals surface area contributed by atoms with Crippen LogP contribution in [-0.4, -0.2) is 62.0 Å². The van der Waals surface area contributed by atoms with Crippen molar-refractivity contribution in [2.75, 3.05) is 33.4 Å². The van der Waals surface area contributed by atoms with Crippen molar-refractivity contribution in [3.8, 4) is 5.75 Å². The number of benzene rings is 1. The summed E-state index contributed by atoms with van der Waals surface area (Å²) < 4.78 is 12.0. The van der Waals surface area contributed by atoms with Gasteiger partial charge in [0.2, 0.25) is 17.6 Å². The van der Waals surface area contributed by atoms with E-state index in [0.29, 0.717) is 30.9 Å². The minimum absolute atomic E-state index is 0.138. The molecule has 5 aliphatic carbocycles. The van der Waals surface area contributed by atoms with Gasteiger partial charge in [-0.15, -0.1) is 0 Å². The molecular formula is C30H42N2O6. The van der Waals surface area contributed by atoms with Crippen LogP contribution >= 0.6 is 0 Å². The molecule has 0 atom stereocenters. The zero-order chi connectivity index (χ0) is 26.1. The van der Waals surface area contributed by atoms with E-state index in [4.69, 9.17) is 19.2 Å². The fourth-order valence-corrected chi connectivity index (χ4v) is 8.15. The van der Waals surface area contributed by atoms with Crippen molar-refractivity contribution in [1.29, 1.82) is 0 Å². The van der Waals surface area contributed by atoms with Crippen molar-refractivity contribution >= 4 is 11.8 Å². The number of hydrogen-bond acceptors (Lipinski definition) is 7. The molecule has 1 aromatic carbocycles. The second-order valence-electron chi connectivity index (χ2n) is 12.3. The SMILES string of the molecule is COC1(OO[C@H]2CC[C@@H](c3ccc(OCCCN4CC(=O)NC(=O)C4)cc3)CC2)C2CC3CC(C2)CC1C3. The Hall–Kier alpha value is -2.00. The Morgan fingerprint density at radius 2 is 1.53 bits per heavy atom. The smallest absolute Gasteiger partial charge is 0.240 e. The van der Waals surface area contributed by atoms with Gasteiger partial charge in [0.1, 0.15) is 5.75 Å². The lowest BCUT2D eigenvalue weighted by Crippen LogP contribution is -2.60. The lowest BCUT2D eigenvalue weighted by Gasteiger charge is -2.58. The molecule has 8 heteroatoms. The average Bonchev–Trinajstić information content (AvgIpc) is 2.91. The largest absolute Gasteiger partial charge is 0.494 e. The van der Waals surface area contributed by atoms with E-state index in [1.165, 1.54) is 37.7 Å². The van der Waals surface area contributed by atoms with Crippen molar-refractivity contribution in [1.82, 2.24) is 10.2 Å². The van der Waals surface area contributed by atoms with Crippen LogP contribution in [0.3, 0.4) is 0 Å². The molecule has 1 heterocycles. The highest BCUT2D eigenvalue weighted by atomic mass is 17.2. The van der Waals surface area contributed by atoms with Gasteiger partial charge in [0.15, 0.2) is 0 Å². The van der Waals surface area contributed by atoms with E-state index >= 15 is 0 Å². The second-order valence-corrected chi connectivity index (χ2v) is 12.3. The zero-order valence-corrected chi connectivity index (χ0v) is 22.6. The van der Waals surface area contributed by atoms with Crippen molar-refractivity contribution in [3.63, 3.8) is 0 Å². The normalized spacial score (nSPS) is 36.9. The molecule has 7 rings (SSSR count). The Bertz CT molecular complexity index is 945. The van der Waals surface area contributed by atoms with E-state index in [-0.39, 0.29) is 31.0 Å². The van der Waals surface area contributed by atoms with Crippen molar-refractivity contribution in [2.45, 2.75) is 82.0 Å². The minimum atomic E-state index is -0.528. The van der Waals surface area contributed by atoms with Crippen LogP contribution in [0.1, 0.15) is 75.7 Å². The van der Waals surface area contributed by atoms with Crippen LogP contribution in [0.2, 0.25) is 0 Å². The first kappa shape index (κ1) is 26.2. The van der Waals surface area contributed by atoms with Gasteiger partial charge in [-0.05, 0) is 99.7 Å². The summed E-state index contributed by atoms with van der Waals surface area (Å²) in [6.45, 7) is 1.77. The summed E-state index contributed by atoms with van der Waals surface area (Å²) in [7, 11) is 1.81. The maximum absolute atomic E-state index is 11.5. The highest BCUT2D eigenvalue weighted by molar-refractivity contribution is 5.99. The molecular weight excluding hydrogens is 484 g/mol. The van der Waals surface area contributed by atoms with Gasteiger partial charge < -0.3 is 9.47 Å². The Morgan fingerprint density at radius 1 is 0.895 bits per heavy atom. The first-order valence-corrected chi connectivity index (χ1v) is 14.7. The number of amides is 2. The molecule has 1 saturated heterocycles. The van der Waals surface area contributed by atoms with Gasteiger partial charge >= 0.3 is 0 Å². The number of piperazine rings is 1. The lowest BCUT2D eigenvalue weighted by atomic mass is 9.53. The summed E-state index contributed by atoms with van der Waals surface area (Å²) in [6.07, 6.45) is 11.4. The number of imide groups is 1. The van der Waals surface area contributed by atoms with E-state index in [1.54, 1.807) is 0 Å². The van der Waals surface area contributed by atoms with Crippen LogP contribution in [0.5, 0.6) is 5.75 Å². The standard InChI is InChI=1S/C30H42N2O6/c1-35-30(24-14-20-13-21(16-24)17-25(30)15-20)38-37-27-9-5-23(6-10-27)22-3-7-26(8-4-22)36-12-2-11-32-18-28(33)31-29(34)19-32/h3-4,7-8,20-21,23-25,27H,2,5-6,9-19H2,1H3,(H,31,33,34)/t20?,21?,23-,24?,25?,27+,30?. The number of nitrogens with one attached hydrogen (secondary N) is 1. The first-order chi connectivity index (χ1) is 18.5. The van der Waals surface area contributed by atoms with E-state index in [2.05, 4.69) is 17.4 Å². The van der Waals surface area contributed by atoms with Gasteiger partial charge in [-0.25, -0.2) is 9.78 Å². The van der Waals surface area contributed by atoms with Crippen molar-refractivity contribution in [2.24, 2.45) is 23.7 Å². The molecule has 5 saturated carbocycles. The molecule has 4 bridgehead atoms. The third-order valence-corrected chi connectivity index (χ3v) is 9.84. The molecule has 6 aliphatic rings. The molecule has 8 nitrogen and oxygen atoms in total. The predicted octanol–water partition coefficient (Wildman–Crippen LogP) is 4.19. The maximum Gasteiger partial charge on any atom is 0.240 e. The van der Waals surface area contributed by atoms with Gasteiger partial charge in [-0.3, -0.25) is 19.8 Å². The zero-order valence-electron chi connectivity index (χ0n) is 22.6. The Kier molecular flexibility index (Phi) is 7.76. The number of carbonyl (C=O) groups excluding carboxylic acids is 2. The highest BCUT2D eigenvalue weighted by Gasteiger charge is 2.60. The molecule has 0 aromatic heterocycles. The molecule has 0 spiro atoms. The van der Waals surface area contributed by atoms with Crippen LogP contribution in [-0.2, 0) is 24.1 Å². The van der Waals surface area contributed by atoms with Crippen molar-refractivity contribution in [3.05, 3.63) is 29.8 Å². The fourth-order valence-electron chi connectivity index (χ4n) is 8.15. The molecule has 0 unspecified atom stereocenters. The van der Waals surface area contributed by atoms with Crippen LogP contribution in [0.25, 0.3) is 0 Å². The predicted molar refractivity (Wildman–Crippen MR) is 140 cm³/mol. The van der Waals surface area contributed by atoms with E-state index in [0.717, 1.165) is 49.7 Å². The van der Waals surface area contributed by atoms with Crippen LogP contribution in [0.4, 0.5) is 0 Å². The average molecular weight is 527 g/mol. The molecule has 1 aromatic rings. The first-order valence-electron chi connectivity index (χ1n) is 14.7. The van der Waals surface area contributed by atoms with E-state index in [9.17, 15) is 9.59 Å². The number of hydrogen-bond donors (Lipinski definition) is 1. The van der Waals surface area contributed by atoms with Gasteiger partial charge in [0.25, 0.3) is 0 Å². The third kappa shape index (κ3) is 5.51. The topological polar surface area (TPSA) is 86.3 Å². The molecule has 2 amide bonds. The Labute approximate surface area is 225 Å². The van der Waals surface area contributed by atoms with Gasteiger partial charge in [-0.2, -0.15) is 0 Å². The fraction of sp³-hybridized carbons (Fsp3) is 0.733. The minimum Gasteiger partial charge on any atom is -0.494 e. The van der Waals surface area contributed by atoms with Gasteiger partial charge in [-0.1, -0.05) is 12.1 Å². The van der Waals surface area contributed by atoms with Gasteiger partial charge in [0, 0.05) is 25.5 Å². The van der Waals surface area contributed by atoms with Crippen LogP contribution < -0.4 is 10.1 Å². The number of carbonyl (C=O) groups is 2. The summed E-state index contributed by atoms with van der Waals surface area (Å²) in [5.41, 5.74) is 1.35. The van der Waals surface area contributed by atoms with E-state index in [1.807, 2.05) is 24.1 Å². The maximum atomic E-state index is 11.5. The molecule has 208 valence electrons. The summed E-state index contributed by atoms with van der Waals surface area (Å²) in [5, 5.41) is 2.32. The van der Waals surface area contributed by atoms with E-state index < -0.39 is 5.79 Å². The summed E-state index contributed by atoms with van der Waals surface area (Å²) in [6, 6.07) is 8.46. The molecule has 38 heavy (non-hydrogen) atoms. The molecule has 6 fully saturated rings. The monoisotopic (exact) mass is 526 g/mol. The van der Waals surface area contributed by atoms with Crippen LogP contribution in [0, 0.1) is 23.7 Å². The lowest BCUT2D eigenvalue weighted by molar-refractivity contribution is -0.485. The highest BCUT2D eigenvalue weighted by Crippen LogP contribution is 2.60. The van der Waals surface area contributed by atoms with Gasteiger partial charge in [0.05, 0.1) is 25.8 Å². The molecule has 1 aliphatic heterocycles. The molecule has 0 radical (unpaired) electrons. The van der Waals surface area contributed by atoms with Crippen molar-refractivity contribution < 1.29 is 28.8 Å². The summed E-state index contributed by atoms with van der Waals surface area (Å²) in [4.78, 5) is 37.2. The Morgan fingerprint density at radius 3 is 2.13 bits per heavy atom. The third-order valence-electron chi connectivity index (χ3n) is 9.84. The number of nitrogens with zero attached hydrogens (tertiary/aromatic N) is 1. The number of ether oxygens (including phenoxy) is 2. The summed E-state index contributed by atoms with van der Waals surface area (Å²) >= 11 is 0. The molecule has 1 N–H and O–H groups in total. The summed E-state index contributed by atoms with van der Waals surface area (Å²) in [5.74, 6) is 3.10.